The molecule has 0 aromatic carbocycles. The van der Waals surface area contributed by atoms with Gasteiger partial charge in [0, 0.05) is 19.7 Å². The van der Waals surface area contributed by atoms with Crippen molar-refractivity contribution in [3.8, 4) is 0 Å². The molecule has 1 aromatic rings. The first-order valence-electron chi connectivity index (χ1n) is 6.27. The second kappa shape index (κ2) is 5.98. The Morgan fingerprint density at radius 2 is 2.47 bits per heavy atom. The molecule has 94 valence electrons. The van der Waals surface area contributed by atoms with E-state index >= 15 is 0 Å². The number of aromatic nitrogens is 2. The highest BCUT2D eigenvalue weighted by atomic mass is 16.5. The Labute approximate surface area is 103 Å². The maximum absolute atomic E-state index is 5.11. The van der Waals surface area contributed by atoms with E-state index in [0.29, 0.717) is 6.04 Å². The van der Waals surface area contributed by atoms with Crippen molar-refractivity contribution in [3.63, 3.8) is 0 Å². The molecule has 0 bridgehead atoms. The van der Waals surface area contributed by atoms with Gasteiger partial charge in [-0.1, -0.05) is 13.0 Å². The van der Waals surface area contributed by atoms with E-state index in [0.717, 1.165) is 32.5 Å². The molecular weight excluding hydrogens is 214 g/mol. The Morgan fingerprint density at radius 1 is 1.59 bits per heavy atom. The zero-order valence-electron chi connectivity index (χ0n) is 10.6. The van der Waals surface area contributed by atoms with Gasteiger partial charge in [0.15, 0.2) is 0 Å². The van der Waals surface area contributed by atoms with Crippen LogP contribution in [0.15, 0.2) is 18.6 Å². The van der Waals surface area contributed by atoms with Crippen LogP contribution in [0.2, 0.25) is 0 Å². The van der Waals surface area contributed by atoms with Crippen LogP contribution in [0.4, 0.5) is 0 Å². The summed E-state index contributed by atoms with van der Waals surface area (Å²) >= 11 is 0. The highest BCUT2D eigenvalue weighted by Crippen LogP contribution is 2.27. The molecular formula is C13H21N3O. The van der Waals surface area contributed by atoms with E-state index in [2.05, 4.69) is 27.9 Å². The van der Waals surface area contributed by atoms with Gasteiger partial charge in [-0.3, -0.25) is 0 Å². The molecule has 0 aliphatic heterocycles. The second-order valence-electron chi connectivity index (χ2n) is 4.39. The van der Waals surface area contributed by atoms with Crippen LogP contribution in [0.3, 0.4) is 0 Å². The second-order valence-corrected chi connectivity index (χ2v) is 4.39. The number of methoxy groups -OCH3 is 1. The molecule has 4 heteroatoms. The quantitative estimate of drug-likeness (QED) is 0.815. The molecule has 0 amide bonds. The van der Waals surface area contributed by atoms with E-state index in [1.54, 1.807) is 7.11 Å². The number of hydrogen-bond donors (Lipinski definition) is 1. The number of nitrogens with zero attached hydrogens (tertiary/aromatic N) is 2. The third kappa shape index (κ3) is 2.96. The van der Waals surface area contributed by atoms with Gasteiger partial charge in [0.1, 0.15) is 0 Å². The number of ether oxygens (including phenoxy) is 1. The predicted molar refractivity (Wildman–Crippen MR) is 68.8 cm³/mol. The summed E-state index contributed by atoms with van der Waals surface area (Å²) < 4.78 is 7.28. The summed E-state index contributed by atoms with van der Waals surface area (Å²) in [4.78, 5) is 4.24. The van der Waals surface area contributed by atoms with E-state index < -0.39 is 0 Å². The van der Waals surface area contributed by atoms with Gasteiger partial charge in [0.2, 0.25) is 0 Å². The third-order valence-corrected chi connectivity index (χ3v) is 3.19. The first-order valence-corrected chi connectivity index (χ1v) is 6.27. The van der Waals surface area contributed by atoms with Crippen molar-refractivity contribution in [2.24, 2.45) is 0 Å². The fourth-order valence-corrected chi connectivity index (χ4v) is 2.33. The van der Waals surface area contributed by atoms with Crippen molar-refractivity contribution >= 4 is 5.57 Å². The molecule has 1 N–H and O–H groups in total. The number of imidazole rings is 1. The lowest BCUT2D eigenvalue weighted by atomic mass is 10.1. The van der Waals surface area contributed by atoms with Crippen molar-refractivity contribution in [1.29, 1.82) is 0 Å². The SMILES string of the molecule is CCNC1CC=C(c2cncn2CCOC)C1. The minimum Gasteiger partial charge on any atom is -0.383 e. The van der Waals surface area contributed by atoms with Crippen molar-refractivity contribution < 1.29 is 4.74 Å². The average molecular weight is 235 g/mol. The standard InChI is InChI=1S/C13H21N3O/c1-3-15-12-5-4-11(8-12)13-9-14-10-16(13)6-7-17-2/h4,9-10,12,15H,3,5-8H2,1-2H3. The summed E-state index contributed by atoms with van der Waals surface area (Å²) in [5.74, 6) is 0. The van der Waals surface area contributed by atoms with Crippen LogP contribution in [0, 0.1) is 0 Å². The molecule has 0 fully saturated rings. The van der Waals surface area contributed by atoms with Crippen LogP contribution in [-0.4, -0.2) is 35.9 Å². The Balaban J connectivity index is 2.01. The Morgan fingerprint density at radius 3 is 3.24 bits per heavy atom. The molecule has 1 heterocycles. The fraction of sp³-hybridized carbons (Fsp3) is 0.615. The molecule has 1 unspecified atom stereocenters. The van der Waals surface area contributed by atoms with Crippen LogP contribution in [-0.2, 0) is 11.3 Å². The molecule has 0 spiro atoms. The van der Waals surface area contributed by atoms with Crippen LogP contribution in [0.25, 0.3) is 5.57 Å². The number of rotatable bonds is 6. The summed E-state index contributed by atoms with van der Waals surface area (Å²) in [6, 6.07) is 0.598. The van der Waals surface area contributed by atoms with E-state index in [1.165, 1.54) is 11.3 Å². The highest BCUT2D eigenvalue weighted by molar-refractivity contribution is 5.65. The summed E-state index contributed by atoms with van der Waals surface area (Å²) in [5, 5.41) is 3.49. The smallest absolute Gasteiger partial charge is 0.0951 e. The molecule has 0 saturated heterocycles. The lowest BCUT2D eigenvalue weighted by Gasteiger charge is -2.12. The molecule has 2 rings (SSSR count). The molecule has 1 aliphatic carbocycles. The van der Waals surface area contributed by atoms with Gasteiger partial charge < -0.3 is 14.6 Å². The van der Waals surface area contributed by atoms with Crippen molar-refractivity contribution in [3.05, 3.63) is 24.3 Å². The zero-order chi connectivity index (χ0) is 12.1. The third-order valence-electron chi connectivity index (χ3n) is 3.19. The predicted octanol–water partition coefficient (Wildman–Crippen LogP) is 1.68. The van der Waals surface area contributed by atoms with Gasteiger partial charge in [-0.15, -0.1) is 0 Å². The maximum atomic E-state index is 5.11. The van der Waals surface area contributed by atoms with E-state index in [-0.39, 0.29) is 0 Å². The lowest BCUT2D eigenvalue weighted by molar-refractivity contribution is 0.187. The molecule has 1 atom stereocenters. The monoisotopic (exact) mass is 235 g/mol. The van der Waals surface area contributed by atoms with Gasteiger partial charge in [-0.05, 0) is 25.0 Å². The molecule has 17 heavy (non-hydrogen) atoms. The molecule has 1 aromatic heterocycles. The van der Waals surface area contributed by atoms with Crippen LogP contribution >= 0.6 is 0 Å². The summed E-state index contributed by atoms with van der Waals surface area (Å²) in [5.41, 5.74) is 2.65. The number of nitrogens with one attached hydrogen (secondary N) is 1. The number of hydrogen-bond acceptors (Lipinski definition) is 3. The van der Waals surface area contributed by atoms with Gasteiger partial charge in [0.25, 0.3) is 0 Å². The Kier molecular flexibility index (Phi) is 4.34. The van der Waals surface area contributed by atoms with Crippen molar-refractivity contribution in [2.75, 3.05) is 20.3 Å². The van der Waals surface area contributed by atoms with Crippen LogP contribution in [0.5, 0.6) is 0 Å². The van der Waals surface area contributed by atoms with E-state index in [4.69, 9.17) is 4.74 Å². The molecule has 1 aliphatic rings. The first-order chi connectivity index (χ1) is 8.35. The zero-order valence-corrected chi connectivity index (χ0v) is 10.6. The topological polar surface area (TPSA) is 39.1 Å². The lowest BCUT2D eigenvalue weighted by Crippen LogP contribution is -2.26. The molecule has 0 saturated carbocycles. The van der Waals surface area contributed by atoms with Crippen molar-refractivity contribution in [1.82, 2.24) is 14.9 Å². The van der Waals surface area contributed by atoms with Crippen LogP contribution in [0.1, 0.15) is 25.5 Å². The molecule has 4 nitrogen and oxygen atoms in total. The molecule has 0 radical (unpaired) electrons. The van der Waals surface area contributed by atoms with Crippen LogP contribution < -0.4 is 5.32 Å². The first kappa shape index (κ1) is 12.3. The van der Waals surface area contributed by atoms with Crippen molar-refractivity contribution in [2.45, 2.75) is 32.4 Å². The minimum absolute atomic E-state index is 0.598. The minimum atomic E-state index is 0.598. The van der Waals surface area contributed by atoms with Gasteiger partial charge in [-0.2, -0.15) is 0 Å². The average Bonchev–Trinajstić information content (AvgIpc) is 2.94. The normalized spacial score (nSPS) is 19.6. The summed E-state index contributed by atoms with van der Waals surface area (Å²) in [6.45, 7) is 4.79. The maximum Gasteiger partial charge on any atom is 0.0951 e. The largest absolute Gasteiger partial charge is 0.383 e. The Hall–Kier alpha value is -1.13. The fourth-order valence-electron chi connectivity index (χ4n) is 2.33. The van der Waals surface area contributed by atoms with E-state index in [1.807, 2.05) is 12.5 Å². The highest BCUT2D eigenvalue weighted by Gasteiger charge is 2.19. The van der Waals surface area contributed by atoms with Gasteiger partial charge in [0.05, 0.1) is 24.8 Å². The van der Waals surface area contributed by atoms with E-state index in [9.17, 15) is 0 Å². The van der Waals surface area contributed by atoms with Gasteiger partial charge in [-0.25, -0.2) is 4.98 Å². The summed E-state index contributed by atoms with van der Waals surface area (Å²) in [7, 11) is 1.73. The summed E-state index contributed by atoms with van der Waals surface area (Å²) in [6.07, 6.45) is 8.39. The Bertz CT molecular complexity index is 384. The van der Waals surface area contributed by atoms with Gasteiger partial charge >= 0.3 is 0 Å².